The van der Waals surface area contributed by atoms with E-state index in [-0.39, 0.29) is 11.3 Å². The van der Waals surface area contributed by atoms with Crippen LogP contribution in [0.1, 0.15) is 46.0 Å². The molecule has 0 spiro atoms. The summed E-state index contributed by atoms with van der Waals surface area (Å²) < 4.78 is 0. The van der Waals surface area contributed by atoms with Crippen LogP contribution in [0.5, 0.6) is 0 Å². The van der Waals surface area contributed by atoms with E-state index in [9.17, 15) is 4.79 Å². The number of carbonyl (C=O) groups is 1. The van der Waals surface area contributed by atoms with E-state index >= 15 is 0 Å². The minimum atomic E-state index is -0.113. The third-order valence-electron chi connectivity index (χ3n) is 4.47. The van der Waals surface area contributed by atoms with Gasteiger partial charge >= 0.3 is 0 Å². The second-order valence-corrected chi connectivity index (χ2v) is 5.98. The van der Waals surface area contributed by atoms with Gasteiger partial charge in [-0.3, -0.25) is 4.79 Å². The fourth-order valence-electron chi connectivity index (χ4n) is 3.02. The van der Waals surface area contributed by atoms with E-state index in [2.05, 4.69) is 24.5 Å². The third-order valence-corrected chi connectivity index (χ3v) is 4.47. The summed E-state index contributed by atoms with van der Waals surface area (Å²) in [6, 6.07) is 0. The molecule has 0 aromatic carbocycles. The molecule has 2 fully saturated rings. The van der Waals surface area contributed by atoms with Crippen LogP contribution in [0.25, 0.3) is 0 Å². The van der Waals surface area contributed by atoms with E-state index < -0.39 is 0 Å². The van der Waals surface area contributed by atoms with Gasteiger partial charge in [-0.15, -0.1) is 0 Å². The van der Waals surface area contributed by atoms with Crippen LogP contribution in [0.4, 0.5) is 0 Å². The van der Waals surface area contributed by atoms with E-state index in [0.717, 1.165) is 44.8 Å². The van der Waals surface area contributed by atoms with Crippen LogP contribution in [-0.4, -0.2) is 25.5 Å². The molecule has 3 nitrogen and oxygen atoms in total. The van der Waals surface area contributed by atoms with Crippen molar-refractivity contribution in [3.8, 4) is 0 Å². The van der Waals surface area contributed by atoms with Crippen LogP contribution in [-0.2, 0) is 4.79 Å². The highest BCUT2D eigenvalue weighted by Gasteiger charge is 2.40. The lowest BCUT2D eigenvalue weighted by Gasteiger charge is -2.27. The van der Waals surface area contributed by atoms with Crippen molar-refractivity contribution in [2.24, 2.45) is 17.3 Å². The van der Waals surface area contributed by atoms with Crippen LogP contribution in [0.3, 0.4) is 0 Å². The van der Waals surface area contributed by atoms with Gasteiger partial charge in [-0.1, -0.05) is 20.3 Å². The van der Waals surface area contributed by atoms with Gasteiger partial charge in [0.2, 0.25) is 5.91 Å². The van der Waals surface area contributed by atoms with Crippen molar-refractivity contribution < 1.29 is 4.79 Å². The average molecular weight is 238 g/mol. The van der Waals surface area contributed by atoms with E-state index in [1.54, 1.807) is 0 Å². The maximum atomic E-state index is 12.4. The molecule has 2 unspecified atom stereocenters. The van der Waals surface area contributed by atoms with Crippen molar-refractivity contribution in [2.45, 2.75) is 46.0 Å². The Labute approximate surface area is 105 Å². The highest BCUT2D eigenvalue weighted by atomic mass is 16.2. The van der Waals surface area contributed by atoms with Gasteiger partial charge in [0.15, 0.2) is 0 Å². The van der Waals surface area contributed by atoms with Crippen LogP contribution >= 0.6 is 0 Å². The standard InChI is InChI=1S/C14H26N2O/c1-3-6-14(7-8-15-10-14)13(17)16-9-11(2)12-4-5-12/h11-12,15H,3-10H2,1-2H3,(H,16,17). The Balaban J connectivity index is 1.83. The van der Waals surface area contributed by atoms with E-state index in [0.29, 0.717) is 5.92 Å². The highest BCUT2D eigenvalue weighted by molar-refractivity contribution is 5.83. The van der Waals surface area contributed by atoms with Crippen molar-refractivity contribution in [3.63, 3.8) is 0 Å². The van der Waals surface area contributed by atoms with Gasteiger partial charge in [-0.25, -0.2) is 0 Å². The van der Waals surface area contributed by atoms with Gasteiger partial charge in [0.05, 0.1) is 5.41 Å². The molecule has 1 amide bonds. The van der Waals surface area contributed by atoms with Crippen molar-refractivity contribution >= 4 is 5.91 Å². The predicted molar refractivity (Wildman–Crippen MR) is 69.7 cm³/mol. The van der Waals surface area contributed by atoms with Gasteiger partial charge in [0.1, 0.15) is 0 Å². The zero-order valence-electron chi connectivity index (χ0n) is 11.2. The molecule has 2 rings (SSSR count). The zero-order valence-corrected chi connectivity index (χ0v) is 11.2. The number of carbonyl (C=O) groups excluding carboxylic acids is 1. The molecule has 0 aromatic heterocycles. The lowest BCUT2D eigenvalue weighted by Crippen LogP contribution is -2.44. The summed E-state index contributed by atoms with van der Waals surface area (Å²) in [5.41, 5.74) is -0.113. The van der Waals surface area contributed by atoms with Crippen molar-refractivity contribution in [3.05, 3.63) is 0 Å². The first-order valence-electron chi connectivity index (χ1n) is 7.17. The summed E-state index contributed by atoms with van der Waals surface area (Å²) in [4.78, 5) is 12.4. The quantitative estimate of drug-likeness (QED) is 0.742. The molecular formula is C14H26N2O. The summed E-state index contributed by atoms with van der Waals surface area (Å²) in [6.45, 7) is 7.16. The Bertz CT molecular complexity index is 267. The van der Waals surface area contributed by atoms with Crippen LogP contribution in [0.2, 0.25) is 0 Å². The van der Waals surface area contributed by atoms with E-state index in [1.807, 2.05) is 0 Å². The normalized spacial score (nSPS) is 30.2. The molecule has 17 heavy (non-hydrogen) atoms. The monoisotopic (exact) mass is 238 g/mol. The smallest absolute Gasteiger partial charge is 0.227 e. The largest absolute Gasteiger partial charge is 0.355 e. The molecule has 1 saturated heterocycles. The second-order valence-electron chi connectivity index (χ2n) is 5.98. The van der Waals surface area contributed by atoms with Crippen LogP contribution in [0.15, 0.2) is 0 Å². The Morgan fingerprint density at radius 3 is 2.82 bits per heavy atom. The minimum Gasteiger partial charge on any atom is -0.355 e. The Morgan fingerprint density at radius 2 is 2.29 bits per heavy atom. The molecule has 1 saturated carbocycles. The minimum absolute atomic E-state index is 0.113. The Morgan fingerprint density at radius 1 is 1.53 bits per heavy atom. The number of nitrogens with one attached hydrogen (secondary N) is 2. The third kappa shape index (κ3) is 3.01. The SMILES string of the molecule is CCCC1(C(=O)NCC(C)C2CC2)CCNC1. The summed E-state index contributed by atoms with van der Waals surface area (Å²) in [7, 11) is 0. The van der Waals surface area contributed by atoms with Crippen LogP contribution in [0, 0.1) is 17.3 Å². The summed E-state index contributed by atoms with van der Waals surface area (Å²) in [6.07, 6.45) is 5.83. The van der Waals surface area contributed by atoms with Gasteiger partial charge in [-0.2, -0.15) is 0 Å². The Kier molecular flexibility index (Phi) is 4.08. The first kappa shape index (κ1) is 12.9. The molecule has 1 aliphatic carbocycles. The zero-order chi connectivity index (χ0) is 12.3. The highest BCUT2D eigenvalue weighted by Crippen LogP contribution is 2.36. The van der Waals surface area contributed by atoms with Gasteiger partial charge in [0.25, 0.3) is 0 Å². The average Bonchev–Trinajstić information content (AvgIpc) is 3.07. The molecule has 98 valence electrons. The molecule has 2 atom stereocenters. The molecule has 0 bridgehead atoms. The summed E-state index contributed by atoms with van der Waals surface area (Å²) in [5.74, 6) is 1.82. The van der Waals surface area contributed by atoms with E-state index in [1.165, 1.54) is 12.8 Å². The molecule has 2 aliphatic rings. The lowest BCUT2D eigenvalue weighted by atomic mass is 9.81. The number of hydrogen-bond donors (Lipinski definition) is 2. The molecule has 1 heterocycles. The van der Waals surface area contributed by atoms with Crippen molar-refractivity contribution in [2.75, 3.05) is 19.6 Å². The maximum Gasteiger partial charge on any atom is 0.227 e. The van der Waals surface area contributed by atoms with Crippen molar-refractivity contribution in [1.82, 2.24) is 10.6 Å². The topological polar surface area (TPSA) is 41.1 Å². The number of rotatable bonds is 6. The number of hydrogen-bond acceptors (Lipinski definition) is 2. The predicted octanol–water partition coefficient (Wildman–Crippen LogP) is 1.93. The molecule has 0 radical (unpaired) electrons. The van der Waals surface area contributed by atoms with Crippen molar-refractivity contribution in [1.29, 1.82) is 0 Å². The van der Waals surface area contributed by atoms with Gasteiger partial charge in [-0.05, 0) is 44.1 Å². The maximum absolute atomic E-state index is 12.4. The molecular weight excluding hydrogens is 212 g/mol. The molecule has 3 heteroatoms. The van der Waals surface area contributed by atoms with Crippen LogP contribution < -0.4 is 10.6 Å². The molecule has 2 N–H and O–H groups in total. The summed E-state index contributed by atoms with van der Waals surface area (Å²) >= 11 is 0. The molecule has 1 aliphatic heterocycles. The van der Waals surface area contributed by atoms with E-state index in [4.69, 9.17) is 0 Å². The lowest BCUT2D eigenvalue weighted by molar-refractivity contribution is -0.130. The fourth-order valence-corrected chi connectivity index (χ4v) is 3.02. The summed E-state index contributed by atoms with van der Waals surface area (Å²) in [5, 5.41) is 6.53. The second kappa shape index (κ2) is 5.38. The van der Waals surface area contributed by atoms with Gasteiger partial charge in [0, 0.05) is 13.1 Å². The Hall–Kier alpha value is -0.570. The molecule has 0 aromatic rings. The fraction of sp³-hybridized carbons (Fsp3) is 0.929. The first-order chi connectivity index (χ1) is 8.18. The first-order valence-corrected chi connectivity index (χ1v) is 7.17. The van der Waals surface area contributed by atoms with Gasteiger partial charge < -0.3 is 10.6 Å². The number of amides is 1.